The number of fused-ring (bicyclic) bond motifs is 1. The molecule has 0 saturated carbocycles. The van der Waals surface area contributed by atoms with Gasteiger partial charge in [-0.05, 0) is 41.8 Å². The van der Waals surface area contributed by atoms with Gasteiger partial charge in [0.25, 0.3) is 0 Å². The number of benzene rings is 1. The lowest BCUT2D eigenvalue weighted by molar-refractivity contribution is -0.122. The highest BCUT2D eigenvalue weighted by atomic mass is 32.1. The zero-order valence-corrected chi connectivity index (χ0v) is 13.2. The van der Waals surface area contributed by atoms with Crippen molar-refractivity contribution in [3.8, 4) is 0 Å². The first-order chi connectivity index (χ1) is 9.80. The monoisotopic (exact) mass is 293 g/mol. The molecule has 2 aromatic rings. The number of methoxy groups -OCH3 is 2. The van der Waals surface area contributed by atoms with Crippen LogP contribution >= 0.6 is 11.3 Å². The SMILES string of the molecule is CCCNC(Cc1csc2ccccc12)C(OC)OC. The number of ether oxygens (including phenoxy) is 2. The molecule has 1 N–H and O–H groups in total. The minimum absolute atomic E-state index is 0.169. The van der Waals surface area contributed by atoms with E-state index in [1.165, 1.54) is 15.6 Å². The molecule has 0 spiro atoms. The Morgan fingerprint density at radius 2 is 1.95 bits per heavy atom. The molecule has 1 aromatic heterocycles. The van der Waals surface area contributed by atoms with E-state index in [1.807, 2.05) is 0 Å². The Balaban J connectivity index is 2.17. The maximum Gasteiger partial charge on any atom is 0.172 e. The third-order valence-corrected chi connectivity index (χ3v) is 4.46. The molecule has 0 saturated heterocycles. The van der Waals surface area contributed by atoms with Crippen LogP contribution < -0.4 is 5.32 Å². The Kier molecular flexibility index (Phi) is 5.98. The summed E-state index contributed by atoms with van der Waals surface area (Å²) in [5, 5.41) is 7.11. The topological polar surface area (TPSA) is 30.5 Å². The van der Waals surface area contributed by atoms with Crippen molar-refractivity contribution in [1.82, 2.24) is 5.32 Å². The standard InChI is InChI=1S/C16H23NO2S/c1-4-9-17-14(16(18-2)19-3)10-12-11-20-15-8-6-5-7-13(12)15/h5-8,11,14,16-17H,4,9-10H2,1-3H3. The quantitative estimate of drug-likeness (QED) is 0.756. The summed E-state index contributed by atoms with van der Waals surface area (Å²) in [6.07, 6.45) is 1.79. The van der Waals surface area contributed by atoms with E-state index in [0.29, 0.717) is 0 Å². The van der Waals surface area contributed by atoms with Crippen LogP contribution in [-0.2, 0) is 15.9 Å². The lowest BCUT2D eigenvalue weighted by atomic mass is 10.0. The molecule has 0 fully saturated rings. The van der Waals surface area contributed by atoms with Crippen LogP contribution in [0.2, 0.25) is 0 Å². The minimum atomic E-state index is -0.222. The molecular weight excluding hydrogens is 270 g/mol. The van der Waals surface area contributed by atoms with E-state index in [4.69, 9.17) is 9.47 Å². The van der Waals surface area contributed by atoms with Crippen LogP contribution in [0.1, 0.15) is 18.9 Å². The van der Waals surface area contributed by atoms with Crippen molar-refractivity contribution in [2.75, 3.05) is 20.8 Å². The highest BCUT2D eigenvalue weighted by Gasteiger charge is 2.21. The van der Waals surface area contributed by atoms with E-state index in [1.54, 1.807) is 25.6 Å². The molecule has 1 heterocycles. The van der Waals surface area contributed by atoms with E-state index >= 15 is 0 Å². The van der Waals surface area contributed by atoms with Crippen LogP contribution in [0.25, 0.3) is 10.1 Å². The average molecular weight is 293 g/mol. The lowest BCUT2D eigenvalue weighted by Crippen LogP contribution is -2.43. The molecule has 4 heteroatoms. The fourth-order valence-corrected chi connectivity index (χ4v) is 3.42. The zero-order valence-electron chi connectivity index (χ0n) is 12.4. The van der Waals surface area contributed by atoms with Gasteiger partial charge in [-0.15, -0.1) is 11.3 Å². The fraction of sp³-hybridized carbons (Fsp3) is 0.500. The minimum Gasteiger partial charge on any atom is -0.354 e. The molecule has 2 rings (SSSR count). The molecule has 0 aliphatic carbocycles. The third-order valence-electron chi connectivity index (χ3n) is 3.45. The molecule has 0 bridgehead atoms. The van der Waals surface area contributed by atoms with E-state index in [-0.39, 0.29) is 12.3 Å². The summed E-state index contributed by atoms with van der Waals surface area (Å²) in [5.41, 5.74) is 1.36. The van der Waals surface area contributed by atoms with Crippen molar-refractivity contribution in [3.63, 3.8) is 0 Å². The Labute approximate surface area is 124 Å². The molecule has 0 aliphatic heterocycles. The second-order valence-electron chi connectivity index (χ2n) is 4.86. The van der Waals surface area contributed by atoms with Gasteiger partial charge in [-0.3, -0.25) is 0 Å². The van der Waals surface area contributed by atoms with Crippen LogP contribution in [0.3, 0.4) is 0 Å². The molecule has 1 unspecified atom stereocenters. The van der Waals surface area contributed by atoms with Crippen LogP contribution in [-0.4, -0.2) is 33.1 Å². The van der Waals surface area contributed by atoms with Gasteiger partial charge in [-0.2, -0.15) is 0 Å². The van der Waals surface area contributed by atoms with Crippen molar-refractivity contribution < 1.29 is 9.47 Å². The van der Waals surface area contributed by atoms with Gasteiger partial charge in [-0.1, -0.05) is 25.1 Å². The van der Waals surface area contributed by atoms with Crippen LogP contribution in [0.4, 0.5) is 0 Å². The predicted molar refractivity (Wildman–Crippen MR) is 85.4 cm³/mol. The summed E-state index contributed by atoms with van der Waals surface area (Å²) >= 11 is 1.80. The molecular formula is C16H23NO2S. The van der Waals surface area contributed by atoms with Gasteiger partial charge in [0, 0.05) is 18.9 Å². The van der Waals surface area contributed by atoms with Gasteiger partial charge in [0.1, 0.15) is 0 Å². The van der Waals surface area contributed by atoms with E-state index in [9.17, 15) is 0 Å². The van der Waals surface area contributed by atoms with Crippen molar-refractivity contribution in [1.29, 1.82) is 0 Å². The number of rotatable bonds is 8. The molecule has 0 aliphatic rings. The molecule has 0 amide bonds. The Hall–Kier alpha value is -0.940. The first kappa shape index (κ1) is 15.4. The van der Waals surface area contributed by atoms with Gasteiger partial charge in [0.2, 0.25) is 0 Å². The van der Waals surface area contributed by atoms with Gasteiger partial charge in [0.15, 0.2) is 6.29 Å². The maximum absolute atomic E-state index is 5.44. The average Bonchev–Trinajstić information content (AvgIpc) is 2.89. The summed E-state index contributed by atoms with van der Waals surface area (Å²) in [7, 11) is 3.39. The molecule has 0 radical (unpaired) electrons. The largest absolute Gasteiger partial charge is 0.354 e. The first-order valence-corrected chi connectivity index (χ1v) is 7.92. The molecule has 3 nitrogen and oxygen atoms in total. The molecule has 20 heavy (non-hydrogen) atoms. The van der Waals surface area contributed by atoms with Crippen LogP contribution in [0, 0.1) is 0 Å². The summed E-state index contributed by atoms with van der Waals surface area (Å²) in [4.78, 5) is 0. The summed E-state index contributed by atoms with van der Waals surface area (Å²) in [5.74, 6) is 0. The van der Waals surface area contributed by atoms with Crippen molar-refractivity contribution in [3.05, 3.63) is 35.2 Å². The van der Waals surface area contributed by atoms with Crippen molar-refractivity contribution in [2.45, 2.75) is 32.1 Å². The van der Waals surface area contributed by atoms with E-state index < -0.39 is 0 Å². The van der Waals surface area contributed by atoms with Gasteiger partial charge in [-0.25, -0.2) is 0 Å². The second kappa shape index (κ2) is 7.74. The highest BCUT2D eigenvalue weighted by molar-refractivity contribution is 7.17. The number of hydrogen-bond donors (Lipinski definition) is 1. The normalized spacial score (nSPS) is 13.2. The van der Waals surface area contributed by atoms with Crippen molar-refractivity contribution in [2.24, 2.45) is 0 Å². The first-order valence-electron chi connectivity index (χ1n) is 7.04. The predicted octanol–water partition coefficient (Wildman–Crippen LogP) is 3.43. The van der Waals surface area contributed by atoms with Crippen molar-refractivity contribution >= 4 is 21.4 Å². The number of nitrogens with one attached hydrogen (secondary N) is 1. The van der Waals surface area contributed by atoms with Crippen LogP contribution in [0.5, 0.6) is 0 Å². The molecule has 1 aromatic carbocycles. The Bertz CT molecular complexity index is 522. The fourth-order valence-electron chi connectivity index (χ4n) is 2.45. The summed E-state index contributed by atoms with van der Waals surface area (Å²) in [6.45, 7) is 3.13. The van der Waals surface area contributed by atoms with Gasteiger partial charge < -0.3 is 14.8 Å². The number of hydrogen-bond acceptors (Lipinski definition) is 4. The van der Waals surface area contributed by atoms with Gasteiger partial charge in [0.05, 0.1) is 6.04 Å². The zero-order chi connectivity index (χ0) is 14.4. The molecule has 110 valence electrons. The third kappa shape index (κ3) is 3.58. The Morgan fingerprint density at radius 1 is 1.20 bits per heavy atom. The smallest absolute Gasteiger partial charge is 0.172 e. The highest BCUT2D eigenvalue weighted by Crippen LogP contribution is 2.27. The maximum atomic E-state index is 5.44. The summed E-state index contributed by atoms with van der Waals surface area (Å²) in [6, 6.07) is 8.71. The second-order valence-corrected chi connectivity index (χ2v) is 5.77. The van der Waals surface area contributed by atoms with Gasteiger partial charge >= 0.3 is 0 Å². The van der Waals surface area contributed by atoms with E-state index in [0.717, 1.165) is 19.4 Å². The van der Waals surface area contributed by atoms with E-state index in [2.05, 4.69) is 41.9 Å². The molecule has 1 atom stereocenters. The summed E-state index contributed by atoms with van der Waals surface area (Å²) < 4.78 is 12.2. The number of thiophene rings is 1. The lowest BCUT2D eigenvalue weighted by Gasteiger charge is -2.25. The Morgan fingerprint density at radius 3 is 2.65 bits per heavy atom. The van der Waals surface area contributed by atoms with Crippen LogP contribution in [0.15, 0.2) is 29.6 Å².